The van der Waals surface area contributed by atoms with Gasteiger partial charge in [0.1, 0.15) is 0 Å². The number of carbonyl (C=O) groups excluding carboxylic acids is 1. The molecule has 0 atom stereocenters. The summed E-state index contributed by atoms with van der Waals surface area (Å²) in [5.74, 6) is -1.26. The van der Waals surface area contributed by atoms with E-state index in [1.165, 1.54) is 18.3 Å². The lowest BCUT2D eigenvalue weighted by Crippen LogP contribution is -2.43. The van der Waals surface area contributed by atoms with E-state index in [9.17, 15) is 19.5 Å². The van der Waals surface area contributed by atoms with Crippen molar-refractivity contribution in [3.63, 3.8) is 0 Å². The van der Waals surface area contributed by atoms with Gasteiger partial charge in [0.05, 0.1) is 5.41 Å². The molecule has 0 spiro atoms. The van der Waals surface area contributed by atoms with Crippen molar-refractivity contribution in [2.75, 3.05) is 6.54 Å². The Morgan fingerprint density at radius 2 is 1.90 bits per heavy atom. The maximum atomic E-state index is 12.0. The van der Waals surface area contributed by atoms with Crippen molar-refractivity contribution >= 4 is 11.9 Å². The predicted octanol–water partition coefficient (Wildman–Crippen LogP) is 1.53. The van der Waals surface area contributed by atoms with Gasteiger partial charge in [-0.2, -0.15) is 0 Å². The van der Waals surface area contributed by atoms with Crippen molar-refractivity contribution in [3.8, 4) is 0 Å². The van der Waals surface area contributed by atoms with Crippen LogP contribution in [0.25, 0.3) is 0 Å². The summed E-state index contributed by atoms with van der Waals surface area (Å²) >= 11 is 0. The van der Waals surface area contributed by atoms with Crippen LogP contribution in [0.3, 0.4) is 0 Å². The second kappa shape index (κ2) is 6.56. The third-order valence-corrected chi connectivity index (χ3v) is 4.14. The van der Waals surface area contributed by atoms with Gasteiger partial charge < -0.3 is 15.4 Å². The van der Waals surface area contributed by atoms with Gasteiger partial charge >= 0.3 is 5.97 Å². The largest absolute Gasteiger partial charge is 0.481 e. The quantitative estimate of drug-likeness (QED) is 0.733. The van der Waals surface area contributed by atoms with E-state index in [0.717, 1.165) is 25.7 Å². The highest BCUT2D eigenvalue weighted by Crippen LogP contribution is 2.34. The number of hydrogen-bond acceptors (Lipinski definition) is 3. The molecule has 6 nitrogen and oxygen atoms in total. The Morgan fingerprint density at radius 1 is 1.24 bits per heavy atom. The molecule has 21 heavy (non-hydrogen) atoms. The van der Waals surface area contributed by atoms with Gasteiger partial charge in [-0.3, -0.25) is 14.4 Å². The van der Waals surface area contributed by atoms with Crippen molar-refractivity contribution in [3.05, 3.63) is 34.2 Å². The van der Waals surface area contributed by atoms with Gasteiger partial charge in [-0.15, -0.1) is 0 Å². The summed E-state index contributed by atoms with van der Waals surface area (Å²) in [6.45, 7) is 0.105. The lowest BCUT2D eigenvalue weighted by Gasteiger charge is -2.28. The Kier molecular flexibility index (Phi) is 4.77. The SMILES string of the molecule is O=C(NCC1(C(=O)O)CCCCCC1)c1cc[nH]c(=O)c1. The Labute approximate surface area is 122 Å². The number of carbonyl (C=O) groups is 2. The van der Waals surface area contributed by atoms with Gasteiger partial charge in [0, 0.05) is 24.4 Å². The molecule has 1 aromatic heterocycles. The summed E-state index contributed by atoms with van der Waals surface area (Å²) in [6, 6.07) is 2.70. The molecule has 2 rings (SSSR count). The second-order valence-corrected chi connectivity index (χ2v) is 5.62. The van der Waals surface area contributed by atoms with Crippen LogP contribution < -0.4 is 10.9 Å². The number of pyridine rings is 1. The molecule has 0 unspecified atom stereocenters. The molecule has 1 aliphatic carbocycles. The summed E-state index contributed by atoms with van der Waals surface area (Å²) < 4.78 is 0. The zero-order chi connectivity index (χ0) is 15.3. The lowest BCUT2D eigenvalue weighted by molar-refractivity contribution is -0.149. The molecule has 3 N–H and O–H groups in total. The molecule has 6 heteroatoms. The molecule has 1 aromatic rings. The third-order valence-electron chi connectivity index (χ3n) is 4.14. The first kappa shape index (κ1) is 15.3. The van der Waals surface area contributed by atoms with E-state index in [1.54, 1.807) is 0 Å². The summed E-state index contributed by atoms with van der Waals surface area (Å²) in [7, 11) is 0. The molecule has 1 fully saturated rings. The Hall–Kier alpha value is -2.11. The number of hydrogen-bond donors (Lipinski definition) is 3. The summed E-state index contributed by atoms with van der Waals surface area (Å²) in [4.78, 5) is 37.3. The van der Waals surface area contributed by atoms with Gasteiger partial charge in [-0.1, -0.05) is 25.7 Å². The van der Waals surface area contributed by atoms with Crippen molar-refractivity contribution in [1.29, 1.82) is 0 Å². The van der Waals surface area contributed by atoms with Crippen LogP contribution in [0.15, 0.2) is 23.1 Å². The number of rotatable bonds is 4. The average Bonchev–Trinajstić information content (AvgIpc) is 2.71. The van der Waals surface area contributed by atoms with Gasteiger partial charge in [0.2, 0.25) is 5.56 Å². The van der Waals surface area contributed by atoms with Crippen molar-refractivity contribution in [2.45, 2.75) is 38.5 Å². The minimum Gasteiger partial charge on any atom is -0.481 e. The standard InChI is InChI=1S/C15H20N2O4/c18-12-9-11(5-8-16-12)13(19)17-10-15(14(20)21)6-3-1-2-4-7-15/h5,8-9H,1-4,6-7,10H2,(H,16,18)(H,17,19)(H,20,21). The smallest absolute Gasteiger partial charge is 0.311 e. The van der Waals surface area contributed by atoms with E-state index in [1.807, 2.05) is 0 Å². The van der Waals surface area contributed by atoms with Crippen LogP contribution >= 0.6 is 0 Å². The van der Waals surface area contributed by atoms with Crippen LogP contribution in [0.4, 0.5) is 0 Å². The van der Waals surface area contributed by atoms with Crippen molar-refractivity contribution in [2.24, 2.45) is 5.41 Å². The van der Waals surface area contributed by atoms with Crippen LogP contribution in [-0.4, -0.2) is 28.5 Å². The monoisotopic (exact) mass is 292 g/mol. The number of carboxylic acids is 1. The van der Waals surface area contributed by atoms with E-state index in [2.05, 4.69) is 10.3 Å². The molecule has 0 bridgehead atoms. The second-order valence-electron chi connectivity index (χ2n) is 5.62. The van der Waals surface area contributed by atoms with Gasteiger partial charge in [-0.25, -0.2) is 0 Å². The zero-order valence-corrected chi connectivity index (χ0v) is 11.9. The molecule has 1 aliphatic rings. The van der Waals surface area contributed by atoms with E-state index < -0.39 is 17.3 Å². The minimum absolute atomic E-state index is 0.105. The van der Waals surface area contributed by atoms with E-state index in [4.69, 9.17) is 0 Å². The number of carboxylic acid groups (broad SMARTS) is 1. The molecule has 0 aromatic carbocycles. The predicted molar refractivity (Wildman–Crippen MR) is 77.2 cm³/mol. The first-order chi connectivity index (χ1) is 10.0. The molecular formula is C15H20N2O4. The molecule has 1 saturated carbocycles. The lowest BCUT2D eigenvalue weighted by atomic mass is 9.80. The Morgan fingerprint density at radius 3 is 2.48 bits per heavy atom. The van der Waals surface area contributed by atoms with Crippen LogP contribution in [0.2, 0.25) is 0 Å². The summed E-state index contributed by atoms with van der Waals surface area (Å²) in [6.07, 6.45) is 6.38. The molecule has 0 radical (unpaired) electrons. The van der Waals surface area contributed by atoms with Gasteiger partial charge in [0.15, 0.2) is 0 Å². The fourth-order valence-electron chi connectivity index (χ4n) is 2.81. The van der Waals surface area contributed by atoms with Gasteiger partial charge in [-0.05, 0) is 18.9 Å². The topological polar surface area (TPSA) is 99.3 Å². The number of aromatic amines is 1. The van der Waals surface area contributed by atoms with Crippen LogP contribution in [0.1, 0.15) is 48.9 Å². The van der Waals surface area contributed by atoms with E-state index in [-0.39, 0.29) is 17.7 Å². The fourth-order valence-corrected chi connectivity index (χ4v) is 2.81. The molecular weight excluding hydrogens is 272 g/mol. The van der Waals surface area contributed by atoms with Crippen LogP contribution in [0, 0.1) is 5.41 Å². The molecule has 1 amide bonds. The normalized spacial score (nSPS) is 17.7. The molecule has 1 heterocycles. The molecule has 0 saturated heterocycles. The highest BCUT2D eigenvalue weighted by Gasteiger charge is 2.38. The van der Waals surface area contributed by atoms with E-state index >= 15 is 0 Å². The third kappa shape index (κ3) is 3.71. The maximum absolute atomic E-state index is 12.0. The summed E-state index contributed by atoms with van der Waals surface area (Å²) in [5.41, 5.74) is -0.995. The molecule has 114 valence electrons. The van der Waals surface area contributed by atoms with E-state index in [0.29, 0.717) is 12.8 Å². The van der Waals surface area contributed by atoms with Crippen LogP contribution in [0.5, 0.6) is 0 Å². The Balaban J connectivity index is 2.06. The first-order valence-corrected chi connectivity index (χ1v) is 7.24. The van der Waals surface area contributed by atoms with Crippen molar-refractivity contribution in [1.82, 2.24) is 10.3 Å². The zero-order valence-electron chi connectivity index (χ0n) is 11.9. The fraction of sp³-hybridized carbons (Fsp3) is 0.533. The Bertz CT molecular complexity index is 571. The summed E-state index contributed by atoms with van der Waals surface area (Å²) in [5, 5.41) is 12.2. The van der Waals surface area contributed by atoms with Gasteiger partial charge in [0.25, 0.3) is 5.91 Å². The van der Waals surface area contributed by atoms with Crippen molar-refractivity contribution < 1.29 is 14.7 Å². The highest BCUT2D eigenvalue weighted by molar-refractivity contribution is 5.94. The number of nitrogens with one attached hydrogen (secondary N) is 2. The number of aromatic nitrogens is 1. The van der Waals surface area contributed by atoms with Crippen LogP contribution in [-0.2, 0) is 4.79 Å². The number of H-pyrrole nitrogens is 1. The highest BCUT2D eigenvalue weighted by atomic mass is 16.4. The first-order valence-electron chi connectivity index (χ1n) is 7.24. The number of amides is 1. The maximum Gasteiger partial charge on any atom is 0.311 e. The molecule has 0 aliphatic heterocycles. The number of aliphatic carboxylic acids is 1. The minimum atomic E-state index is -0.882. The average molecular weight is 292 g/mol.